The second kappa shape index (κ2) is 7.05. The van der Waals surface area contributed by atoms with Crippen molar-refractivity contribution < 1.29 is 17.6 Å². The zero-order valence-electron chi connectivity index (χ0n) is 14.8. The third kappa shape index (κ3) is 3.49. The lowest BCUT2D eigenvalue weighted by Crippen LogP contribution is -2.32. The van der Waals surface area contributed by atoms with Crippen molar-refractivity contribution in [3.8, 4) is 0 Å². The average molecular weight is 388 g/mol. The third-order valence-corrected chi connectivity index (χ3v) is 6.80. The molecule has 2 aromatic rings. The van der Waals surface area contributed by atoms with Crippen molar-refractivity contribution in [3.05, 3.63) is 59.4 Å². The van der Waals surface area contributed by atoms with Crippen molar-refractivity contribution in [3.63, 3.8) is 0 Å². The molecule has 4 rings (SSSR count). The van der Waals surface area contributed by atoms with E-state index >= 15 is 0 Å². The highest BCUT2D eigenvalue weighted by molar-refractivity contribution is 7.89. The molecule has 2 aromatic carbocycles. The quantitative estimate of drug-likeness (QED) is 0.874. The molecule has 5 nitrogen and oxygen atoms in total. The molecule has 1 N–H and O–H groups in total. The van der Waals surface area contributed by atoms with Crippen molar-refractivity contribution in [2.45, 2.75) is 43.0 Å². The highest BCUT2D eigenvalue weighted by Gasteiger charge is 2.29. The first kappa shape index (κ1) is 18.1. The molecule has 0 radical (unpaired) electrons. The van der Waals surface area contributed by atoms with E-state index in [1.54, 1.807) is 24.3 Å². The van der Waals surface area contributed by atoms with Crippen LogP contribution in [0.4, 0.5) is 10.1 Å². The van der Waals surface area contributed by atoms with Gasteiger partial charge in [0.1, 0.15) is 5.82 Å². The Labute approximate surface area is 158 Å². The fourth-order valence-electron chi connectivity index (χ4n) is 3.87. The van der Waals surface area contributed by atoms with E-state index in [0.717, 1.165) is 31.2 Å². The maximum atomic E-state index is 13.9. The molecule has 1 fully saturated rings. The summed E-state index contributed by atoms with van der Waals surface area (Å²) in [5, 5.41) is 0. The van der Waals surface area contributed by atoms with Gasteiger partial charge in [-0.1, -0.05) is 25.0 Å². The summed E-state index contributed by atoms with van der Waals surface area (Å²) >= 11 is 0. The van der Waals surface area contributed by atoms with E-state index in [-0.39, 0.29) is 16.5 Å². The van der Waals surface area contributed by atoms with Gasteiger partial charge in [0.25, 0.3) is 5.91 Å². The number of amides is 1. The summed E-state index contributed by atoms with van der Waals surface area (Å²) in [6, 6.07) is 10.7. The number of hydrogen-bond acceptors (Lipinski definition) is 3. The molecule has 1 saturated carbocycles. The van der Waals surface area contributed by atoms with Gasteiger partial charge in [0.2, 0.25) is 10.0 Å². The molecule has 0 unspecified atom stereocenters. The predicted octanol–water partition coefficient (Wildman–Crippen LogP) is 3.25. The Morgan fingerprint density at radius 1 is 1.11 bits per heavy atom. The number of nitrogens with one attached hydrogen (secondary N) is 1. The van der Waals surface area contributed by atoms with Crippen LogP contribution in [0.5, 0.6) is 0 Å². The second-order valence-electron chi connectivity index (χ2n) is 7.08. The summed E-state index contributed by atoms with van der Waals surface area (Å²) in [6.45, 7) is 0.405. The number of rotatable bonds is 4. The smallest absolute Gasteiger partial charge is 0.261 e. The highest BCUT2D eigenvalue weighted by atomic mass is 32.2. The van der Waals surface area contributed by atoms with Crippen LogP contribution in [0.25, 0.3) is 0 Å². The summed E-state index contributed by atoms with van der Waals surface area (Å²) in [5.74, 6) is -0.970. The first-order valence-corrected chi connectivity index (χ1v) is 10.7. The van der Waals surface area contributed by atoms with Crippen LogP contribution in [0, 0.1) is 5.82 Å². The van der Waals surface area contributed by atoms with E-state index in [9.17, 15) is 17.6 Å². The SMILES string of the molecule is O=C(c1ccccc1F)N1CCc2cc(S(=O)(=O)NC3CCCC3)ccc21. The number of halogens is 1. The Morgan fingerprint density at radius 2 is 1.85 bits per heavy atom. The van der Waals surface area contributed by atoms with Crippen molar-refractivity contribution in [1.29, 1.82) is 0 Å². The molecule has 27 heavy (non-hydrogen) atoms. The average Bonchev–Trinajstić information content (AvgIpc) is 3.30. The molecule has 142 valence electrons. The number of sulfonamides is 1. The number of nitrogens with zero attached hydrogens (tertiary/aromatic N) is 1. The summed E-state index contributed by atoms with van der Waals surface area (Å²) in [5.41, 5.74) is 1.45. The van der Waals surface area contributed by atoms with Gasteiger partial charge in [0.15, 0.2) is 0 Å². The number of anilines is 1. The van der Waals surface area contributed by atoms with Crippen molar-refractivity contribution in [2.24, 2.45) is 0 Å². The molecule has 1 amide bonds. The molecule has 1 heterocycles. The Balaban J connectivity index is 1.59. The molecule has 0 atom stereocenters. The predicted molar refractivity (Wildman–Crippen MR) is 101 cm³/mol. The lowest BCUT2D eigenvalue weighted by molar-refractivity contribution is 0.0985. The molecule has 1 aliphatic carbocycles. The van der Waals surface area contributed by atoms with Crippen LogP contribution < -0.4 is 9.62 Å². The van der Waals surface area contributed by atoms with Gasteiger partial charge in [-0.3, -0.25) is 4.79 Å². The van der Waals surface area contributed by atoms with Crippen LogP contribution in [0.1, 0.15) is 41.6 Å². The molecule has 0 spiro atoms. The van der Waals surface area contributed by atoms with E-state index in [1.165, 1.54) is 23.1 Å². The van der Waals surface area contributed by atoms with Gasteiger partial charge in [-0.15, -0.1) is 0 Å². The first-order valence-electron chi connectivity index (χ1n) is 9.17. The number of benzene rings is 2. The molecular formula is C20H21FN2O3S. The maximum absolute atomic E-state index is 13.9. The highest BCUT2D eigenvalue weighted by Crippen LogP contribution is 2.32. The lowest BCUT2D eigenvalue weighted by Gasteiger charge is -2.18. The monoisotopic (exact) mass is 388 g/mol. The zero-order chi connectivity index (χ0) is 19.0. The van der Waals surface area contributed by atoms with E-state index in [2.05, 4.69) is 4.72 Å². The van der Waals surface area contributed by atoms with Gasteiger partial charge in [0, 0.05) is 18.3 Å². The number of carbonyl (C=O) groups is 1. The fourth-order valence-corrected chi connectivity index (χ4v) is 5.22. The second-order valence-corrected chi connectivity index (χ2v) is 8.79. The topological polar surface area (TPSA) is 66.5 Å². The number of fused-ring (bicyclic) bond motifs is 1. The van der Waals surface area contributed by atoms with Gasteiger partial charge in [-0.2, -0.15) is 0 Å². The zero-order valence-corrected chi connectivity index (χ0v) is 15.6. The minimum Gasteiger partial charge on any atom is -0.308 e. The molecule has 7 heteroatoms. The van der Waals surface area contributed by atoms with Gasteiger partial charge in [0.05, 0.1) is 10.5 Å². The largest absolute Gasteiger partial charge is 0.308 e. The van der Waals surface area contributed by atoms with Crippen LogP contribution in [0.15, 0.2) is 47.4 Å². The van der Waals surface area contributed by atoms with E-state index in [4.69, 9.17) is 0 Å². The van der Waals surface area contributed by atoms with Crippen LogP contribution in [-0.2, 0) is 16.4 Å². The summed E-state index contributed by atoms with van der Waals surface area (Å²) in [4.78, 5) is 14.4. The standard InChI is InChI=1S/C20H21FN2O3S/c21-18-8-4-3-7-17(18)20(24)23-12-11-14-13-16(9-10-19(14)23)27(25,26)22-15-5-1-2-6-15/h3-4,7-10,13,15,22H,1-2,5-6,11-12H2. The Bertz CT molecular complexity index is 984. The Morgan fingerprint density at radius 3 is 2.59 bits per heavy atom. The molecule has 0 saturated heterocycles. The van der Waals surface area contributed by atoms with Crippen molar-refractivity contribution >= 4 is 21.6 Å². The van der Waals surface area contributed by atoms with Crippen LogP contribution >= 0.6 is 0 Å². The molecule has 0 aromatic heterocycles. The fraction of sp³-hybridized carbons (Fsp3) is 0.350. The minimum atomic E-state index is -3.58. The van der Waals surface area contributed by atoms with E-state index in [0.29, 0.717) is 18.7 Å². The summed E-state index contributed by atoms with van der Waals surface area (Å²) in [6.07, 6.45) is 4.38. The van der Waals surface area contributed by atoms with Gasteiger partial charge >= 0.3 is 0 Å². The van der Waals surface area contributed by atoms with E-state index in [1.807, 2.05) is 0 Å². The molecule has 0 bridgehead atoms. The summed E-state index contributed by atoms with van der Waals surface area (Å²) in [7, 11) is -3.58. The van der Waals surface area contributed by atoms with Gasteiger partial charge in [-0.05, 0) is 55.2 Å². The lowest BCUT2D eigenvalue weighted by atomic mass is 10.1. The van der Waals surface area contributed by atoms with Crippen molar-refractivity contribution in [1.82, 2.24) is 4.72 Å². The number of carbonyl (C=O) groups excluding carboxylic acids is 1. The minimum absolute atomic E-state index is 0.00221. The Kier molecular flexibility index (Phi) is 4.74. The van der Waals surface area contributed by atoms with Crippen molar-refractivity contribution in [2.75, 3.05) is 11.4 Å². The van der Waals surface area contributed by atoms with Crippen LogP contribution in [0.2, 0.25) is 0 Å². The summed E-state index contributed by atoms with van der Waals surface area (Å²) < 4.78 is 42.0. The number of hydrogen-bond donors (Lipinski definition) is 1. The molecule has 1 aliphatic heterocycles. The Hall–Kier alpha value is -2.25. The molecule has 2 aliphatic rings. The van der Waals surface area contributed by atoms with Gasteiger partial charge < -0.3 is 4.90 Å². The van der Waals surface area contributed by atoms with Crippen LogP contribution in [-0.4, -0.2) is 26.9 Å². The molecular weight excluding hydrogens is 367 g/mol. The van der Waals surface area contributed by atoms with E-state index < -0.39 is 21.7 Å². The third-order valence-electron chi connectivity index (χ3n) is 5.28. The van der Waals surface area contributed by atoms with Crippen LogP contribution in [0.3, 0.4) is 0 Å². The first-order chi connectivity index (χ1) is 13.0. The maximum Gasteiger partial charge on any atom is 0.261 e. The van der Waals surface area contributed by atoms with Gasteiger partial charge in [-0.25, -0.2) is 17.5 Å². The normalized spacial score (nSPS) is 17.3.